The Hall–Kier alpha value is -2.93. The van der Waals surface area contributed by atoms with Gasteiger partial charge >= 0.3 is 5.97 Å². The first-order chi connectivity index (χ1) is 15.5. The molecule has 0 aromatic heterocycles. The van der Waals surface area contributed by atoms with Gasteiger partial charge < -0.3 is 44.0 Å². The summed E-state index contributed by atoms with van der Waals surface area (Å²) in [6.07, 6.45) is 2.50. The van der Waals surface area contributed by atoms with Gasteiger partial charge in [-0.1, -0.05) is 13.8 Å². The number of nitrogens with zero attached hydrogens (tertiary/aromatic N) is 1. The number of rotatable bonds is 17. The number of aliphatic imine (C=N–C) groups is 1. The Morgan fingerprint density at radius 1 is 0.909 bits per heavy atom. The van der Waals surface area contributed by atoms with Gasteiger partial charge in [0.1, 0.15) is 18.6 Å². The first-order valence-corrected chi connectivity index (χ1v) is 11.1. The smallest absolute Gasteiger partial charge is 0.322 e. The fraction of sp³-hybridized carbons (Fsp3) is 0.750. The lowest BCUT2D eigenvalue weighted by Crippen LogP contribution is -2.56. The van der Waals surface area contributed by atoms with Crippen molar-refractivity contribution in [1.82, 2.24) is 16.0 Å². The summed E-state index contributed by atoms with van der Waals surface area (Å²) in [6.45, 7) is 3.92. The van der Waals surface area contributed by atoms with Crippen molar-refractivity contribution in [2.24, 2.45) is 33.8 Å². The molecule has 190 valence electrons. The van der Waals surface area contributed by atoms with Gasteiger partial charge in [-0.05, 0) is 51.0 Å². The van der Waals surface area contributed by atoms with Crippen LogP contribution < -0.4 is 38.9 Å². The van der Waals surface area contributed by atoms with Crippen LogP contribution in [-0.4, -0.2) is 72.5 Å². The van der Waals surface area contributed by atoms with Crippen LogP contribution >= 0.6 is 0 Å². The molecule has 0 aliphatic carbocycles. The third kappa shape index (κ3) is 14.7. The molecule has 13 nitrogen and oxygen atoms in total. The average molecular weight is 473 g/mol. The number of carbonyl (C=O) groups excluding carboxylic acids is 3. The molecule has 0 radical (unpaired) electrons. The molecule has 0 bridgehead atoms. The van der Waals surface area contributed by atoms with E-state index in [2.05, 4.69) is 20.9 Å². The topological polar surface area (TPSA) is 241 Å². The predicted molar refractivity (Wildman–Crippen MR) is 125 cm³/mol. The average Bonchev–Trinajstić information content (AvgIpc) is 2.72. The highest BCUT2D eigenvalue weighted by atomic mass is 16.4. The number of hydrogen-bond acceptors (Lipinski definition) is 7. The number of carboxylic acids is 1. The van der Waals surface area contributed by atoms with Gasteiger partial charge in [0.15, 0.2) is 5.96 Å². The Kier molecular flexibility index (Phi) is 15.2. The predicted octanol–water partition coefficient (Wildman–Crippen LogP) is -2.29. The maximum absolute atomic E-state index is 12.9. The number of amides is 3. The Bertz CT molecular complexity index is 667. The number of guanidine groups is 1. The lowest BCUT2D eigenvalue weighted by atomic mass is 10.0. The normalized spacial score (nSPS) is 13.5. The second-order valence-electron chi connectivity index (χ2n) is 8.20. The van der Waals surface area contributed by atoms with Crippen molar-refractivity contribution < 1.29 is 24.3 Å². The minimum Gasteiger partial charge on any atom is -0.480 e. The summed E-state index contributed by atoms with van der Waals surface area (Å²) in [7, 11) is 0. The van der Waals surface area contributed by atoms with Crippen molar-refractivity contribution in [1.29, 1.82) is 0 Å². The molecule has 0 aliphatic heterocycles. The summed E-state index contributed by atoms with van der Waals surface area (Å²) >= 11 is 0. The summed E-state index contributed by atoms with van der Waals surface area (Å²) in [5, 5.41) is 16.3. The molecular formula is C20H40N8O5. The van der Waals surface area contributed by atoms with Gasteiger partial charge in [-0.2, -0.15) is 0 Å². The molecule has 0 saturated heterocycles. The second kappa shape index (κ2) is 16.7. The number of nitrogens with one attached hydrogen (secondary N) is 3. The maximum Gasteiger partial charge on any atom is 0.322 e. The lowest BCUT2D eigenvalue weighted by Gasteiger charge is -2.24. The molecule has 3 unspecified atom stereocenters. The van der Waals surface area contributed by atoms with E-state index in [9.17, 15) is 19.2 Å². The van der Waals surface area contributed by atoms with E-state index in [-0.39, 0.29) is 24.8 Å². The molecule has 3 amide bonds. The number of carboxylic acid groups (broad SMARTS) is 1. The summed E-state index contributed by atoms with van der Waals surface area (Å²) < 4.78 is 0. The molecule has 0 aromatic carbocycles. The molecule has 0 aliphatic rings. The van der Waals surface area contributed by atoms with Crippen molar-refractivity contribution in [2.45, 2.75) is 70.5 Å². The molecule has 0 fully saturated rings. The molecule has 0 spiro atoms. The summed E-state index contributed by atoms with van der Waals surface area (Å²) in [5.41, 5.74) is 22.0. The number of hydrogen-bond donors (Lipinski definition) is 8. The first-order valence-electron chi connectivity index (χ1n) is 11.1. The van der Waals surface area contributed by atoms with Crippen LogP contribution in [0.1, 0.15) is 52.4 Å². The number of unbranched alkanes of at least 4 members (excludes halogenated alkanes) is 1. The second-order valence-corrected chi connectivity index (χ2v) is 8.20. The van der Waals surface area contributed by atoms with Gasteiger partial charge in [0.2, 0.25) is 17.7 Å². The van der Waals surface area contributed by atoms with Crippen molar-refractivity contribution >= 4 is 29.7 Å². The van der Waals surface area contributed by atoms with E-state index in [4.69, 9.17) is 28.0 Å². The molecule has 13 heteroatoms. The summed E-state index contributed by atoms with van der Waals surface area (Å²) in [5.74, 6) is -2.83. The Morgan fingerprint density at radius 3 is 2.03 bits per heavy atom. The van der Waals surface area contributed by atoms with Crippen LogP contribution in [0.3, 0.4) is 0 Å². The Balaban J connectivity index is 5.32. The van der Waals surface area contributed by atoms with Crippen LogP contribution in [0.4, 0.5) is 0 Å². The van der Waals surface area contributed by atoms with E-state index in [0.717, 1.165) is 0 Å². The highest BCUT2D eigenvalue weighted by Crippen LogP contribution is 2.07. The quantitative estimate of drug-likeness (QED) is 0.0644. The van der Waals surface area contributed by atoms with Crippen molar-refractivity contribution in [3.8, 4) is 0 Å². The van der Waals surface area contributed by atoms with Gasteiger partial charge in [-0.25, -0.2) is 0 Å². The highest BCUT2D eigenvalue weighted by Gasteiger charge is 2.28. The lowest BCUT2D eigenvalue weighted by molar-refractivity contribution is -0.138. The third-order valence-corrected chi connectivity index (χ3v) is 4.63. The molecule has 0 aromatic rings. The summed E-state index contributed by atoms with van der Waals surface area (Å²) in [6, 6.07) is -2.73. The van der Waals surface area contributed by atoms with Crippen molar-refractivity contribution in [3.63, 3.8) is 0 Å². The van der Waals surface area contributed by atoms with Gasteiger partial charge in [-0.3, -0.25) is 24.2 Å². The standard InChI is InChI=1S/C20H40N8O5/c1-12(2)10-13(22)17(31)27-15(6-3-4-8-21)19(33)28-14(7-5-9-25-20(23)24)18(32)26-11-16(29)30/h12-15H,3-11,21-22H2,1-2H3,(H,26,32)(H,27,31)(H,28,33)(H,29,30)(H4,23,24,25). The zero-order chi connectivity index (χ0) is 25.4. The molecular weight excluding hydrogens is 432 g/mol. The highest BCUT2D eigenvalue weighted by molar-refractivity contribution is 5.93. The van der Waals surface area contributed by atoms with Gasteiger partial charge in [0.25, 0.3) is 0 Å². The third-order valence-electron chi connectivity index (χ3n) is 4.63. The maximum atomic E-state index is 12.9. The largest absolute Gasteiger partial charge is 0.480 e. The molecule has 12 N–H and O–H groups in total. The minimum absolute atomic E-state index is 0.105. The monoisotopic (exact) mass is 472 g/mol. The molecule has 0 saturated carbocycles. The number of nitrogens with two attached hydrogens (primary N) is 4. The van der Waals surface area contributed by atoms with E-state index < -0.39 is 48.4 Å². The fourth-order valence-electron chi connectivity index (χ4n) is 2.99. The first kappa shape index (κ1) is 30.1. The number of aliphatic carboxylic acids is 1. The zero-order valence-electron chi connectivity index (χ0n) is 19.5. The van der Waals surface area contributed by atoms with E-state index in [1.165, 1.54) is 0 Å². The van der Waals surface area contributed by atoms with Crippen LogP contribution in [-0.2, 0) is 19.2 Å². The Labute approximate surface area is 194 Å². The van der Waals surface area contributed by atoms with E-state index in [1.54, 1.807) is 0 Å². The van der Waals surface area contributed by atoms with Crippen LogP contribution in [0.25, 0.3) is 0 Å². The molecule has 33 heavy (non-hydrogen) atoms. The minimum atomic E-state index is -1.22. The van der Waals surface area contributed by atoms with Crippen molar-refractivity contribution in [3.05, 3.63) is 0 Å². The van der Waals surface area contributed by atoms with Crippen LogP contribution in [0.15, 0.2) is 4.99 Å². The van der Waals surface area contributed by atoms with E-state index >= 15 is 0 Å². The van der Waals surface area contributed by atoms with Crippen LogP contribution in [0.5, 0.6) is 0 Å². The van der Waals surface area contributed by atoms with Crippen LogP contribution in [0, 0.1) is 5.92 Å². The Morgan fingerprint density at radius 2 is 1.48 bits per heavy atom. The van der Waals surface area contributed by atoms with E-state index in [0.29, 0.717) is 38.6 Å². The zero-order valence-corrected chi connectivity index (χ0v) is 19.5. The molecule has 0 rings (SSSR count). The molecule has 3 atom stereocenters. The number of carbonyl (C=O) groups is 4. The fourth-order valence-corrected chi connectivity index (χ4v) is 2.99. The SMILES string of the molecule is CC(C)CC(N)C(=O)NC(CCCCN)C(=O)NC(CCCN=C(N)N)C(=O)NCC(=O)O. The van der Waals surface area contributed by atoms with Crippen molar-refractivity contribution in [2.75, 3.05) is 19.6 Å². The van der Waals surface area contributed by atoms with E-state index in [1.807, 2.05) is 13.8 Å². The van der Waals surface area contributed by atoms with Crippen LogP contribution in [0.2, 0.25) is 0 Å². The van der Waals surface area contributed by atoms with Gasteiger partial charge in [0.05, 0.1) is 6.04 Å². The summed E-state index contributed by atoms with van der Waals surface area (Å²) in [4.78, 5) is 52.5. The molecule has 0 heterocycles. The van der Waals surface area contributed by atoms with Gasteiger partial charge in [0, 0.05) is 6.54 Å². The van der Waals surface area contributed by atoms with Gasteiger partial charge in [-0.15, -0.1) is 0 Å².